The van der Waals surface area contributed by atoms with Crippen molar-refractivity contribution in [1.29, 1.82) is 0 Å². The Hall–Kier alpha value is -2.44. The van der Waals surface area contributed by atoms with Gasteiger partial charge in [-0.1, -0.05) is 12.5 Å². The fourth-order valence-corrected chi connectivity index (χ4v) is 2.70. The quantitative estimate of drug-likeness (QED) is 0.653. The van der Waals surface area contributed by atoms with Crippen LogP contribution in [-0.2, 0) is 9.59 Å². The Morgan fingerprint density at radius 1 is 1.33 bits per heavy atom. The van der Waals surface area contributed by atoms with Crippen LogP contribution in [0.1, 0.15) is 24.8 Å². The van der Waals surface area contributed by atoms with Crippen LogP contribution in [0.5, 0.6) is 0 Å². The number of carboxylic acids is 1. The van der Waals surface area contributed by atoms with E-state index in [9.17, 15) is 19.7 Å². The normalized spacial score (nSPS) is 21.0. The minimum absolute atomic E-state index is 0.112. The lowest BCUT2D eigenvalue weighted by Crippen LogP contribution is -2.30. The fourth-order valence-electron chi connectivity index (χ4n) is 2.70. The van der Waals surface area contributed by atoms with Crippen molar-refractivity contribution in [3.05, 3.63) is 33.9 Å². The lowest BCUT2D eigenvalue weighted by molar-refractivity contribution is -0.383. The highest BCUT2D eigenvalue weighted by atomic mass is 16.6. The van der Waals surface area contributed by atoms with Crippen LogP contribution in [-0.4, -0.2) is 21.9 Å². The van der Waals surface area contributed by atoms with Gasteiger partial charge in [-0.25, -0.2) is 0 Å². The van der Waals surface area contributed by atoms with Gasteiger partial charge in [-0.2, -0.15) is 0 Å². The Balaban J connectivity index is 2.21. The maximum atomic E-state index is 12.2. The minimum Gasteiger partial charge on any atom is -0.481 e. The highest BCUT2D eigenvalue weighted by molar-refractivity contribution is 5.97. The van der Waals surface area contributed by atoms with Crippen LogP contribution in [0.4, 0.5) is 11.4 Å². The second kappa shape index (κ2) is 5.90. The highest BCUT2D eigenvalue weighted by Crippen LogP contribution is 2.34. The number of nitro benzene ring substituents is 1. The zero-order valence-corrected chi connectivity index (χ0v) is 11.5. The zero-order valence-electron chi connectivity index (χ0n) is 11.5. The van der Waals surface area contributed by atoms with Gasteiger partial charge in [0.1, 0.15) is 5.69 Å². The first kappa shape index (κ1) is 15.0. The Bertz CT molecular complexity index is 599. The number of carboxylic acid groups (broad SMARTS) is 1. The van der Waals surface area contributed by atoms with Gasteiger partial charge in [0.2, 0.25) is 5.91 Å². The molecule has 0 unspecified atom stereocenters. The van der Waals surface area contributed by atoms with Crippen LogP contribution < -0.4 is 5.32 Å². The van der Waals surface area contributed by atoms with Crippen molar-refractivity contribution >= 4 is 23.3 Å². The number of rotatable bonds is 4. The van der Waals surface area contributed by atoms with Crippen molar-refractivity contribution in [2.75, 3.05) is 5.32 Å². The third-order valence-corrected chi connectivity index (χ3v) is 3.78. The molecule has 0 aliphatic heterocycles. The van der Waals surface area contributed by atoms with Crippen molar-refractivity contribution in [3.8, 4) is 0 Å². The number of carbonyl (C=O) groups is 2. The van der Waals surface area contributed by atoms with Gasteiger partial charge in [0.05, 0.1) is 16.8 Å². The molecule has 2 rings (SSSR count). The second-order valence-electron chi connectivity index (χ2n) is 5.25. The molecule has 21 heavy (non-hydrogen) atoms. The minimum atomic E-state index is -0.994. The summed E-state index contributed by atoms with van der Waals surface area (Å²) in [5, 5.41) is 22.6. The van der Waals surface area contributed by atoms with Crippen LogP contribution in [0, 0.1) is 28.9 Å². The van der Waals surface area contributed by atoms with E-state index in [1.165, 1.54) is 12.1 Å². The van der Waals surface area contributed by atoms with Gasteiger partial charge in [0.15, 0.2) is 0 Å². The number of hydrogen-bond donors (Lipinski definition) is 2. The molecule has 2 N–H and O–H groups in total. The molecule has 1 aromatic rings. The van der Waals surface area contributed by atoms with Crippen LogP contribution in [0.15, 0.2) is 18.2 Å². The number of aryl methyl sites for hydroxylation is 1. The van der Waals surface area contributed by atoms with Crippen molar-refractivity contribution in [1.82, 2.24) is 0 Å². The van der Waals surface area contributed by atoms with E-state index in [4.69, 9.17) is 5.11 Å². The molecule has 1 saturated carbocycles. The molecular formula is C14H16N2O5. The number of amides is 1. The van der Waals surface area contributed by atoms with E-state index >= 15 is 0 Å². The molecule has 1 aliphatic rings. The number of nitrogens with zero attached hydrogens (tertiary/aromatic N) is 1. The summed E-state index contributed by atoms with van der Waals surface area (Å²) in [5.74, 6) is -2.81. The largest absolute Gasteiger partial charge is 0.481 e. The van der Waals surface area contributed by atoms with E-state index in [-0.39, 0.29) is 11.4 Å². The Morgan fingerprint density at radius 2 is 2.00 bits per heavy atom. The van der Waals surface area contributed by atoms with E-state index < -0.39 is 28.6 Å². The standard InChI is InChI=1S/C14H16N2O5/c1-8-5-6-12(16(20)21)11(7-8)15-13(17)9-3-2-4-10(9)14(18)19/h5-7,9-10H,2-4H2,1H3,(H,15,17)(H,18,19)/t9-,10+/m1/s1. The average Bonchev–Trinajstić information content (AvgIpc) is 2.87. The molecule has 0 saturated heterocycles. The summed E-state index contributed by atoms with van der Waals surface area (Å²) < 4.78 is 0. The van der Waals surface area contributed by atoms with Crippen LogP contribution >= 0.6 is 0 Å². The maximum Gasteiger partial charge on any atom is 0.307 e. The molecule has 1 aliphatic carbocycles. The topological polar surface area (TPSA) is 110 Å². The van der Waals surface area contributed by atoms with Crippen molar-refractivity contribution in [3.63, 3.8) is 0 Å². The predicted octanol–water partition coefficient (Wildman–Crippen LogP) is 2.34. The Labute approximate surface area is 121 Å². The summed E-state index contributed by atoms with van der Waals surface area (Å²) in [6, 6.07) is 4.43. The number of carbonyl (C=O) groups excluding carboxylic acids is 1. The number of nitro groups is 1. The Morgan fingerprint density at radius 3 is 2.62 bits per heavy atom. The molecule has 7 nitrogen and oxygen atoms in total. The van der Waals surface area contributed by atoms with Crippen LogP contribution in [0.25, 0.3) is 0 Å². The number of benzene rings is 1. The summed E-state index contributed by atoms with van der Waals surface area (Å²) >= 11 is 0. The zero-order chi connectivity index (χ0) is 15.6. The summed E-state index contributed by atoms with van der Waals surface area (Å²) in [6.45, 7) is 1.76. The smallest absolute Gasteiger partial charge is 0.307 e. The van der Waals surface area contributed by atoms with Gasteiger partial charge in [0.25, 0.3) is 5.69 Å². The van der Waals surface area contributed by atoms with E-state index in [1.807, 2.05) is 0 Å². The molecular weight excluding hydrogens is 276 g/mol. The van der Waals surface area contributed by atoms with Gasteiger partial charge < -0.3 is 10.4 Å². The first-order chi connectivity index (χ1) is 9.90. The van der Waals surface area contributed by atoms with Crippen molar-refractivity contribution in [2.24, 2.45) is 11.8 Å². The highest BCUT2D eigenvalue weighted by Gasteiger charge is 2.38. The third-order valence-electron chi connectivity index (χ3n) is 3.78. The molecule has 2 atom stereocenters. The maximum absolute atomic E-state index is 12.2. The molecule has 112 valence electrons. The molecule has 0 radical (unpaired) electrons. The summed E-state index contributed by atoms with van der Waals surface area (Å²) in [6.07, 6.45) is 1.62. The summed E-state index contributed by atoms with van der Waals surface area (Å²) in [5.41, 5.74) is 0.692. The number of anilines is 1. The lowest BCUT2D eigenvalue weighted by atomic mass is 9.95. The van der Waals surface area contributed by atoms with Crippen molar-refractivity contribution < 1.29 is 19.6 Å². The first-order valence-corrected chi connectivity index (χ1v) is 6.69. The van der Waals surface area contributed by atoms with Gasteiger partial charge >= 0.3 is 5.97 Å². The van der Waals surface area contributed by atoms with E-state index in [0.717, 1.165) is 5.56 Å². The summed E-state index contributed by atoms with van der Waals surface area (Å²) in [7, 11) is 0. The SMILES string of the molecule is Cc1ccc([N+](=O)[O-])c(NC(=O)[C@@H]2CCC[C@@H]2C(=O)O)c1. The molecule has 0 bridgehead atoms. The third kappa shape index (κ3) is 3.18. The fraction of sp³-hybridized carbons (Fsp3) is 0.429. The molecule has 0 heterocycles. The van der Waals surface area contributed by atoms with E-state index in [0.29, 0.717) is 19.3 Å². The van der Waals surface area contributed by atoms with Crippen LogP contribution in [0.3, 0.4) is 0 Å². The lowest BCUT2D eigenvalue weighted by Gasteiger charge is -2.15. The van der Waals surface area contributed by atoms with Crippen molar-refractivity contribution in [2.45, 2.75) is 26.2 Å². The monoisotopic (exact) mass is 292 g/mol. The number of nitrogens with one attached hydrogen (secondary N) is 1. The molecule has 7 heteroatoms. The van der Waals surface area contributed by atoms with Gasteiger partial charge in [-0.05, 0) is 31.4 Å². The van der Waals surface area contributed by atoms with E-state index in [2.05, 4.69) is 5.32 Å². The van der Waals surface area contributed by atoms with Crippen LogP contribution in [0.2, 0.25) is 0 Å². The number of hydrogen-bond acceptors (Lipinski definition) is 4. The second-order valence-corrected chi connectivity index (χ2v) is 5.25. The summed E-state index contributed by atoms with van der Waals surface area (Å²) in [4.78, 5) is 33.7. The molecule has 1 fully saturated rings. The Kier molecular flexibility index (Phi) is 4.21. The van der Waals surface area contributed by atoms with Gasteiger partial charge in [-0.3, -0.25) is 19.7 Å². The average molecular weight is 292 g/mol. The van der Waals surface area contributed by atoms with Gasteiger partial charge in [0, 0.05) is 6.07 Å². The van der Waals surface area contributed by atoms with Gasteiger partial charge in [-0.15, -0.1) is 0 Å². The molecule has 0 spiro atoms. The van der Waals surface area contributed by atoms with E-state index in [1.54, 1.807) is 13.0 Å². The molecule has 1 amide bonds. The molecule has 0 aromatic heterocycles. The first-order valence-electron chi connectivity index (χ1n) is 6.69. The number of aliphatic carboxylic acids is 1. The predicted molar refractivity (Wildman–Crippen MR) is 74.9 cm³/mol. The molecule has 1 aromatic carbocycles.